The first kappa shape index (κ1) is 27.6. The Hall–Kier alpha value is -3.47. The molecular formula is C28H36N2O3. The van der Waals surface area contributed by atoms with E-state index in [0.717, 1.165) is 40.7 Å². The van der Waals surface area contributed by atoms with Gasteiger partial charge in [0.25, 0.3) is 0 Å². The van der Waals surface area contributed by atoms with Gasteiger partial charge in [0.15, 0.2) is 12.1 Å². The van der Waals surface area contributed by atoms with Gasteiger partial charge in [-0.3, -0.25) is 14.6 Å². The molecule has 1 aromatic carbocycles. The van der Waals surface area contributed by atoms with Crippen molar-refractivity contribution in [2.24, 2.45) is 0 Å². The Labute approximate surface area is 198 Å². The Balaban J connectivity index is 0.000000313. The summed E-state index contributed by atoms with van der Waals surface area (Å²) in [7, 11) is 1.83. The van der Waals surface area contributed by atoms with Gasteiger partial charge in [-0.1, -0.05) is 38.1 Å². The third-order valence-electron chi connectivity index (χ3n) is 4.88. The van der Waals surface area contributed by atoms with Crippen molar-refractivity contribution in [2.45, 2.75) is 54.1 Å². The van der Waals surface area contributed by atoms with Crippen molar-refractivity contribution in [3.63, 3.8) is 0 Å². The van der Waals surface area contributed by atoms with E-state index < -0.39 is 0 Å². The summed E-state index contributed by atoms with van der Waals surface area (Å²) in [5.74, 6) is 0.0749. The third kappa shape index (κ3) is 8.19. The van der Waals surface area contributed by atoms with Gasteiger partial charge in [0, 0.05) is 48.2 Å². The molecule has 0 saturated carbocycles. The van der Waals surface area contributed by atoms with Crippen LogP contribution >= 0.6 is 0 Å². The number of carbonyl (C=O) groups is 2. The average Bonchev–Trinajstić information content (AvgIpc) is 3.30. The minimum atomic E-state index is 0.0749. The van der Waals surface area contributed by atoms with E-state index in [-0.39, 0.29) is 11.9 Å². The van der Waals surface area contributed by atoms with E-state index in [1.54, 1.807) is 19.3 Å². The van der Waals surface area contributed by atoms with Crippen LogP contribution in [0.15, 0.2) is 61.1 Å². The Morgan fingerprint density at radius 1 is 1.18 bits per heavy atom. The molecular weight excluding hydrogens is 412 g/mol. The molecule has 1 aliphatic heterocycles. The maximum absolute atomic E-state index is 11.4. The molecule has 1 N–H and O–H groups in total. The number of aldehydes is 1. The number of hydrogen-bond donors (Lipinski definition) is 1. The summed E-state index contributed by atoms with van der Waals surface area (Å²) in [5.41, 5.74) is 6.54. The van der Waals surface area contributed by atoms with Crippen LogP contribution < -0.4 is 5.32 Å². The number of rotatable bonds is 6. The van der Waals surface area contributed by atoms with Gasteiger partial charge < -0.3 is 10.1 Å². The number of benzene rings is 1. The monoisotopic (exact) mass is 448 g/mol. The first-order valence-electron chi connectivity index (χ1n) is 11.3. The van der Waals surface area contributed by atoms with Crippen molar-refractivity contribution in [3.8, 4) is 0 Å². The largest absolute Gasteiger partial charge is 0.498 e. The summed E-state index contributed by atoms with van der Waals surface area (Å²) in [6.07, 6.45) is 13.0. The SMILES string of the molecule is C/C=C\C(=C/C)c1cncc(C=O)c1.CC.CNc1cc(C2=COC(C)C2)ccc1C(C)=O. The second-order valence-electron chi connectivity index (χ2n) is 7.23. The lowest BCUT2D eigenvalue weighted by molar-refractivity contribution is 0.101. The van der Waals surface area contributed by atoms with Gasteiger partial charge in [-0.15, -0.1) is 0 Å². The Bertz CT molecular complexity index is 1020. The molecule has 1 aromatic heterocycles. The fourth-order valence-corrected chi connectivity index (χ4v) is 3.27. The van der Waals surface area contributed by atoms with E-state index in [1.807, 2.05) is 90.4 Å². The van der Waals surface area contributed by atoms with Crippen LogP contribution in [-0.4, -0.2) is 30.2 Å². The van der Waals surface area contributed by atoms with Crippen molar-refractivity contribution in [1.82, 2.24) is 4.98 Å². The summed E-state index contributed by atoms with van der Waals surface area (Å²) in [5, 5.41) is 3.06. The van der Waals surface area contributed by atoms with Crippen LogP contribution in [0.4, 0.5) is 5.69 Å². The molecule has 176 valence electrons. The molecule has 2 heterocycles. The molecule has 0 bridgehead atoms. The highest BCUT2D eigenvalue weighted by Crippen LogP contribution is 2.30. The van der Waals surface area contributed by atoms with Crippen LogP contribution in [0.25, 0.3) is 11.1 Å². The second kappa shape index (κ2) is 14.6. The van der Waals surface area contributed by atoms with Crippen LogP contribution in [0.1, 0.15) is 79.8 Å². The lowest BCUT2D eigenvalue weighted by Gasteiger charge is -2.09. The van der Waals surface area contributed by atoms with Gasteiger partial charge in [0.2, 0.25) is 0 Å². The normalized spacial score (nSPS) is 14.8. The van der Waals surface area contributed by atoms with E-state index in [0.29, 0.717) is 5.56 Å². The summed E-state index contributed by atoms with van der Waals surface area (Å²) in [6.45, 7) is 11.5. The minimum absolute atomic E-state index is 0.0749. The maximum Gasteiger partial charge on any atom is 0.161 e. The smallest absolute Gasteiger partial charge is 0.161 e. The molecule has 1 unspecified atom stereocenters. The number of nitrogens with zero attached hydrogens (tertiary/aromatic N) is 1. The highest BCUT2D eigenvalue weighted by Gasteiger charge is 2.16. The summed E-state index contributed by atoms with van der Waals surface area (Å²) >= 11 is 0. The number of pyridine rings is 1. The average molecular weight is 449 g/mol. The Kier molecular flexibility index (Phi) is 12.2. The standard InChI is InChI=1S/C14H17NO2.C12H13NO.C2H6/c1-9-6-12(8-17-9)11-4-5-13(10(2)16)14(7-11)15-3;1-3-5-11(4-2)12-6-10(9-14)7-13-8-12;1-2/h4-5,7-9,15H,6H2,1-3H3;3-9H,1-2H3;1-2H3/b;5-3-,11-4+;. The zero-order valence-electron chi connectivity index (χ0n) is 20.8. The van der Waals surface area contributed by atoms with Gasteiger partial charge in [-0.25, -0.2) is 0 Å². The molecule has 5 heteroatoms. The number of ether oxygens (including phenoxy) is 1. The van der Waals surface area contributed by atoms with Crippen LogP contribution in [0.2, 0.25) is 0 Å². The van der Waals surface area contributed by atoms with E-state index in [4.69, 9.17) is 4.74 Å². The third-order valence-corrected chi connectivity index (χ3v) is 4.88. The van der Waals surface area contributed by atoms with Crippen molar-refractivity contribution in [3.05, 3.63) is 83.4 Å². The summed E-state index contributed by atoms with van der Waals surface area (Å²) < 4.78 is 5.42. The number of allylic oxidation sites excluding steroid dienone is 4. The molecule has 0 fully saturated rings. The highest BCUT2D eigenvalue weighted by molar-refractivity contribution is 6.00. The molecule has 2 aromatic rings. The lowest BCUT2D eigenvalue weighted by Crippen LogP contribution is -2.01. The molecule has 0 radical (unpaired) electrons. The molecule has 1 atom stereocenters. The zero-order chi connectivity index (χ0) is 24.8. The molecule has 3 rings (SSSR count). The fraction of sp³-hybridized carbons (Fsp3) is 0.321. The van der Waals surface area contributed by atoms with Crippen molar-refractivity contribution < 1.29 is 14.3 Å². The topological polar surface area (TPSA) is 68.3 Å². The highest BCUT2D eigenvalue weighted by atomic mass is 16.5. The number of aromatic nitrogens is 1. The Morgan fingerprint density at radius 3 is 2.42 bits per heavy atom. The minimum Gasteiger partial charge on any atom is -0.498 e. The first-order chi connectivity index (χ1) is 15.9. The lowest BCUT2D eigenvalue weighted by atomic mass is 9.99. The van der Waals surface area contributed by atoms with Crippen LogP contribution in [0, 0.1) is 0 Å². The number of anilines is 1. The number of Topliss-reactive ketones (excluding diaryl/α,β-unsaturated/α-hetero) is 1. The Morgan fingerprint density at radius 2 is 1.91 bits per heavy atom. The maximum atomic E-state index is 11.4. The first-order valence-corrected chi connectivity index (χ1v) is 11.3. The molecule has 0 spiro atoms. The zero-order valence-corrected chi connectivity index (χ0v) is 20.8. The van der Waals surface area contributed by atoms with E-state index in [9.17, 15) is 9.59 Å². The van der Waals surface area contributed by atoms with Gasteiger partial charge in [0.1, 0.15) is 0 Å². The second-order valence-corrected chi connectivity index (χ2v) is 7.23. The van der Waals surface area contributed by atoms with Gasteiger partial charge in [0.05, 0.1) is 12.4 Å². The number of carbonyl (C=O) groups excluding carboxylic acids is 2. The molecule has 0 saturated heterocycles. The fourth-order valence-electron chi connectivity index (χ4n) is 3.27. The number of hydrogen-bond acceptors (Lipinski definition) is 5. The van der Waals surface area contributed by atoms with Crippen LogP contribution in [-0.2, 0) is 4.74 Å². The van der Waals surface area contributed by atoms with Crippen LogP contribution in [0.3, 0.4) is 0 Å². The van der Waals surface area contributed by atoms with Gasteiger partial charge in [-0.05, 0) is 62.6 Å². The van der Waals surface area contributed by atoms with E-state index >= 15 is 0 Å². The molecule has 1 aliphatic rings. The molecule has 33 heavy (non-hydrogen) atoms. The summed E-state index contributed by atoms with van der Waals surface area (Å²) in [4.78, 5) is 26.0. The van der Waals surface area contributed by atoms with Crippen LogP contribution in [0.5, 0.6) is 0 Å². The molecule has 5 nitrogen and oxygen atoms in total. The quantitative estimate of drug-likeness (QED) is 0.293. The van der Waals surface area contributed by atoms with Gasteiger partial charge in [-0.2, -0.15) is 0 Å². The predicted octanol–water partition coefficient (Wildman–Crippen LogP) is 6.98. The van der Waals surface area contributed by atoms with Gasteiger partial charge >= 0.3 is 0 Å². The van der Waals surface area contributed by atoms with E-state index in [1.165, 1.54) is 5.57 Å². The predicted molar refractivity (Wildman–Crippen MR) is 139 cm³/mol. The number of nitrogens with one attached hydrogen (secondary N) is 1. The van der Waals surface area contributed by atoms with Crippen molar-refractivity contribution in [2.75, 3.05) is 12.4 Å². The van der Waals surface area contributed by atoms with Crippen molar-refractivity contribution >= 4 is 28.9 Å². The molecule has 0 amide bonds. The van der Waals surface area contributed by atoms with Crippen molar-refractivity contribution in [1.29, 1.82) is 0 Å². The molecule has 0 aliphatic carbocycles. The van der Waals surface area contributed by atoms with E-state index in [2.05, 4.69) is 10.3 Å². The number of ketones is 1. The summed E-state index contributed by atoms with van der Waals surface area (Å²) in [6, 6.07) is 7.68.